The first-order valence-corrected chi connectivity index (χ1v) is 6.70. The normalized spacial score (nSPS) is 9.88. The van der Waals surface area contributed by atoms with E-state index in [2.05, 4.69) is 18.6 Å². The number of hydrogen-bond acceptors (Lipinski definition) is 4. The second-order valence-corrected chi connectivity index (χ2v) is 3.73. The van der Waals surface area contributed by atoms with Gasteiger partial charge in [-0.3, -0.25) is 0 Å². The van der Waals surface area contributed by atoms with Gasteiger partial charge in [-0.15, -0.1) is 0 Å². The summed E-state index contributed by atoms with van der Waals surface area (Å²) in [6, 6.07) is 0. The molecule has 0 rings (SSSR count). The van der Waals surface area contributed by atoms with E-state index in [0.29, 0.717) is 13.2 Å². The van der Waals surface area contributed by atoms with Crippen LogP contribution in [0.3, 0.4) is 0 Å². The van der Waals surface area contributed by atoms with Gasteiger partial charge in [-0.1, -0.05) is 33.1 Å². The van der Waals surface area contributed by atoms with E-state index in [1.54, 1.807) is 0 Å². The van der Waals surface area contributed by atoms with E-state index in [4.69, 9.17) is 14.9 Å². The lowest BCUT2D eigenvalue weighted by atomic mass is 10.3. The minimum absolute atomic E-state index is 0.0278. The zero-order chi connectivity index (χ0) is 13.2. The van der Waals surface area contributed by atoms with E-state index in [0.717, 1.165) is 13.2 Å². The molecule has 0 aromatic rings. The summed E-state index contributed by atoms with van der Waals surface area (Å²) in [7, 11) is 0. The number of ether oxygens (including phenoxy) is 2. The van der Waals surface area contributed by atoms with Crippen LogP contribution in [0.2, 0.25) is 0 Å². The van der Waals surface area contributed by atoms with Crippen LogP contribution in [0.25, 0.3) is 0 Å². The van der Waals surface area contributed by atoms with Crippen LogP contribution in [0.15, 0.2) is 0 Å². The van der Waals surface area contributed by atoms with Crippen molar-refractivity contribution in [3.8, 4) is 0 Å². The number of aliphatic hydroxyl groups is 2. The summed E-state index contributed by atoms with van der Waals surface area (Å²) in [6.07, 6.45) is 6.30. The average Bonchev–Trinajstić information content (AvgIpc) is 2.35. The fourth-order valence-corrected chi connectivity index (χ4v) is 1.03. The lowest BCUT2D eigenvalue weighted by Gasteiger charge is -2.00. The van der Waals surface area contributed by atoms with Crippen LogP contribution in [0, 0.1) is 0 Å². The number of rotatable bonds is 11. The smallest absolute Gasteiger partial charge is 0.0698 e. The summed E-state index contributed by atoms with van der Waals surface area (Å²) in [5.41, 5.74) is 0. The molecule has 106 valence electrons. The van der Waals surface area contributed by atoms with Gasteiger partial charge in [0.05, 0.1) is 26.4 Å². The Hall–Kier alpha value is -0.160. The molecule has 4 heteroatoms. The fraction of sp³-hybridized carbons (Fsp3) is 1.00. The monoisotopic (exact) mass is 250 g/mol. The van der Waals surface area contributed by atoms with Crippen LogP contribution in [-0.4, -0.2) is 49.9 Å². The molecule has 0 aliphatic heterocycles. The van der Waals surface area contributed by atoms with Crippen molar-refractivity contribution in [2.45, 2.75) is 46.0 Å². The predicted octanol–water partition coefficient (Wildman–Crippen LogP) is 1.98. The van der Waals surface area contributed by atoms with E-state index in [9.17, 15) is 0 Å². The van der Waals surface area contributed by atoms with Crippen LogP contribution in [0.1, 0.15) is 46.0 Å². The number of unbranched alkanes of at least 4 members (excludes halogenated alkanes) is 3. The SMILES string of the molecule is CCCCCOCCCC.OCCOCCO. The topological polar surface area (TPSA) is 58.9 Å². The zero-order valence-corrected chi connectivity index (χ0v) is 11.5. The first-order chi connectivity index (χ1) is 8.33. The minimum atomic E-state index is 0.0278. The third-order valence-corrected chi connectivity index (χ3v) is 2.01. The van der Waals surface area contributed by atoms with Crippen LogP contribution >= 0.6 is 0 Å². The molecular formula is C13H30O4. The van der Waals surface area contributed by atoms with Crippen LogP contribution in [-0.2, 0) is 9.47 Å². The van der Waals surface area contributed by atoms with Gasteiger partial charge < -0.3 is 19.7 Å². The maximum atomic E-state index is 8.09. The Bertz CT molecular complexity index is 97.6. The Balaban J connectivity index is 0. The summed E-state index contributed by atoms with van der Waals surface area (Å²) >= 11 is 0. The van der Waals surface area contributed by atoms with Gasteiger partial charge in [-0.05, 0) is 12.8 Å². The molecule has 0 aromatic heterocycles. The molecule has 0 radical (unpaired) electrons. The highest BCUT2D eigenvalue weighted by molar-refractivity contribution is 4.37. The Morgan fingerprint density at radius 3 is 1.59 bits per heavy atom. The van der Waals surface area contributed by atoms with Crippen molar-refractivity contribution in [2.75, 3.05) is 39.6 Å². The van der Waals surface area contributed by atoms with E-state index < -0.39 is 0 Å². The predicted molar refractivity (Wildman–Crippen MR) is 70.2 cm³/mol. The molecule has 0 aromatic carbocycles. The van der Waals surface area contributed by atoms with Crippen molar-refractivity contribution in [2.24, 2.45) is 0 Å². The molecule has 0 atom stereocenters. The minimum Gasteiger partial charge on any atom is -0.394 e. The third-order valence-electron chi connectivity index (χ3n) is 2.01. The molecule has 0 spiro atoms. The lowest BCUT2D eigenvalue weighted by molar-refractivity contribution is 0.0650. The number of aliphatic hydroxyl groups excluding tert-OH is 2. The van der Waals surface area contributed by atoms with Gasteiger partial charge in [0, 0.05) is 13.2 Å². The highest BCUT2D eigenvalue weighted by atomic mass is 16.5. The highest BCUT2D eigenvalue weighted by Crippen LogP contribution is 1.95. The first-order valence-electron chi connectivity index (χ1n) is 6.70. The quantitative estimate of drug-likeness (QED) is 0.551. The Labute approximate surface area is 106 Å². The largest absolute Gasteiger partial charge is 0.394 e. The molecule has 0 amide bonds. The molecular weight excluding hydrogens is 220 g/mol. The van der Waals surface area contributed by atoms with Gasteiger partial charge in [0.1, 0.15) is 0 Å². The van der Waals surface area contributed by atoms with Crippen LogP contribution in [0.4, 0.5) is 0 Å². The summed E-state index contributed by atoms with van der Waals surface area (Å²) in [4.78, 5) is 0. The first kappa shape index (κ1) is 19.2. The van der Waals surface area contributed by atoms with Gasteiger partial charge in [0.15, 0.2) is 0 Å². The standard InChI is InChI=1S/C9H20O.C4H10O3/c1-3-5-7-9-10-8-6-4-2;5-1-3-7-4-2-6/h3-9H2,1-2H3;5-6H,1-4H2. The summed E-state index contributed by atoms with van der Waals surface area (Å²) in [6.45, 7) is 7.02. The van der Waals surface area contributed by atoms with Gasteiger partial charge in [0.2, 0.25) is 0 Å². The molecule has 2 N–H and O–H groups in total. The van der Waals surface area contributed by atoms with Crippen LogP contribution < -0.4 is 0 Å². The highest BCUT2D eigenvalue weighted by Gasteiger charge is 1.86. The molecule has 0 saturated heterocycles. The molecule has 0 aliphatic rings. The molecule has 0 saturated carbocycles. The molecule has 0 unspecified atom stereocenters. The Kier molecular flexibility index (Phi) is 23.9. The molecule has 0 aliphatic carbocycles. The maximum absolute atomic E-state index is 8.09. The van der Waals surface area contributed by atoms with Crippen molar-refractivity contribution in [1.82, 2.24) is 0 Å². The second-order valence-electron chi connectivity index (χ2n) is 3.73. The van der Waals surface area contributed by atoms with Crippen LogP contribution in [0.5, 0.6) is 0 Å². The number of hydrogen-bond donors (Lipinski definition) is 2. The van der Waals surface area contributed by atoms with E-state index in [1.807, 2.05) is 0 Å². The van der Waals surface area contributed by atoms with E-state index in [1.165, 1.54) is 32.1 Å². The Morgan fingerprint density at radius 2 is 1.12 bits per heavy atom. The zero-order valence-electron chi connectivity index (χ0n) is 11.5. The second kappa shape index (κ2) is 21.2. The fourth-order valence-electron chi connectivity index (χ4n) is 1.03. The molecule has 17 heavy (non-hydrogen) atoms. The average molecular weight is 250 g/mol. The van der Waals surface area contributed by atoms with Gasteiger partial charge in [-0.2, -0.15) is 0 Å². The summed E-state index contributed by atoms with van der Waals surface area (Å²) in [5.74, 6) is 0. The lowest BCUT2D eigenvalue weighted by Crippen LogP contribution is -2.03. The van der Waals surface area contributed by atoms with Crippen molar-refractivity contribution < 1.29 is 19.7 Å². The summed E-state index contributed by atoms with van der Waals surface area (Å²) < 4.78 is 10.0. The van der Waals surface area contributed by atoms with E-state index >= 15 is 0 Å². The molecule has 0 bridgehead atoms. The van der Waals surface area contributed by atoms with Crippen molar-refractivity contribution in [1.29, 1.82) is 0 Å². The van der Waals surface area contributed by atoms with Gasteiger partial charge in [0.25, 0.3) is 0 Å². The van der Waals surface area contributed by atoms with Gasteiger partial charge in [-0.25, -0.2) is 0 Å². The molecule has 4 nitrogen and oxygen atoms in total. The Morgan fingerprint density at radius 1 is 0.647 bits per heavy atom. The van der Waals surface area contributed by atoms with E-state index in [-0.39, 0.29) is 13.2 Å². The third kappa shape index (κ3) is 25.8. The molecule has 0 fully saturated rings. The summed E-state index contributed by atoms with van der Waals surface area (Å²) in [5, 5.41) is 16.2. The van der Waals surface area contributed by atoms with Crippen molar-refractivity contribution >= 4 is 0 Å². The van der Waals surface area contributed by atoms with Crippen molar-refractivity contribution in [3.05, 3.63) is 0 Å². The van der Waals surface area contributed by atoms with Crippen molar-refractivity contribution in [3.63, 3.8) is 0 Å². The maximum Gasteiger partial charge on any atom is 0.0698 e. The van der Waals surface area contributed by atoms with Gasteiger partial charge >= 0.3 is 0 Å². The molecule has 0 heterocycles.